The Morgan fingerprint density at radius 1 is 1.14 bits per heavy atom. The van der Waals surface area contributed by atoms with Gasteiger partial charge in [-0.3, -0.25) is 9.79 Å². The van der Waals surface area contributed by atoms with E-state index < -0.39 is 17.6 Å². The topological polar surface area (TPSA) is 41.5 Å². The van der Waals surface area contributed by atoms with Crippen LogP contribution in [0.5, 0.6) is 0 Å². The molecule has 1 rings (SSSR count). The van der Waals surface area contributed by atoms with E-state index in [2.05, 4.69) is 10.3 Å². The number of halogens is 4. The maximum atomic E-state index is 14.2. The van der Waals surface area contributed by atoms with Gasteiger partial charge in [0.05, 0.1) is 0 Å². The van der Waals surface area contributed by atoms with Crippen LogP contribution in [0.4, 0.5) is 17.6 Å². The van der Waals surface area contributed by atoms with Gasteiger partial charge in [0.1, 0.15) is 5.82 Å². The molecule has 0 atom stereocenters. The van der Waals surface area contributed by atoms with E-state index in [1.54, 1.807) is 20.8 Å². The molecule has 1 aromatic rings. The third-order valence-corrected chi connectivity index (χ3v) is 4.50. The van der Waals surface area contributed by atoms with E-state index in [9.17, 15) is 22.4 Å². The zero-order chi connectivity index (χ0) is 21.6. The molecule has 0 saturated carbocycles. The summed E-state index contributed by atoms with van der Waals surface area (Å²) in [4.78, 5) is 16.1. The molecule has 0 aromatic heterocycles. The standard InChI is InChI=1S/C21H26F4N2O/c1-7-8-26-20(28)14(4)13(3)18-9-17(22)10-19(15(18)5)16(6)27-11-12(2)21(23,24)25/h9-11H,7-8H2,1-6H3,(H,26,28)/b12-11+,14-13+,27-16?. The zero-order valence-electron chi connectivity index (χ0n) is 17.0. The predicted octanol–water partition coefficient (Wildman–Crippen LogP) is 5.73. The molecule has 0 spiro atoms. The lowest BCUT2D eigenvalue weighted by Crippen LogP contribution is -2.25. The molecule has 0 fully saturated rings. The highest BCUT2D eigenvalue weighted by molar-refractivity contribution is 6.03. The number of benzene rings is 1. The van der Waals surface area contributed by atoms with E-state index in [1.807, 2.05) is 6.92 Å². The highest BCUT2D eigenvalue weighted by Crippen LogP contribution is 2.27. The van der Waals surface area contributed by atoms with Gasteiger partial charge in [-0.1, -0.05) is 6.92 Å². The quantitative estimate of drug-likeness (QED) is 0.371. The first-order valence-corrected chi connectivity index (χ1v) is 8.95. The summed E-state index contributed by atoms with van der Waals surface area (Å²) in [5.74, 6) is -0.790. The predicted molar refractivity (Wildman–Crippen MR) is 105 cm³/mol. The maximum absolute atomic E-state index is 14.2. The Kier molecular flexibility index (Phi) is 8.14. The van der Waals surface area contributed by atoms with Crippen molar-refractivity contribution in [2.45, 2.75) is 54.1 Å². The summed E-state index contributed by atoms with van der Waals surface area (Å²) >= 11 is 0. The van der Waals surface area contributed by atoms with Crippen molar-refractivity contribution in [3.63, 3.8) is 0 Å². The number of nitrogens with one attached hydrogen (secondary N) is 1. The Morgan fingerprint density at radius 2 is 1.71 bits per heavy atom. The van der Waals surface area contributed by atoms with Gasteiger partial charge in [0.2, 0.25) is 5.91 Å². The van der Waals surface area contributed by atoms with Crippen LogP contribution < -0.4 is 5.32 Å². The van der Waals surface area contributed by atoms with E-state index >= 15 is 0 Å². The number of hydrogen-bond acceptors (Lipinski definition) is 2. The largest absolute Gasteiger partial charge is 0.413 e. The van der Waals surface area contributed by atoms with Crippen LogP contribution in [0.1, 0.15) is 57.7 Å². The number of hydrogen-bond donors (Lipinski definition) is 1. The SMILES string of the molecule is CCCNC(=O)/C(C)=C(\C)c1cc(F)cc(C(C)=N/C=C(\C)C(F)(F)F)c1C. The van der Waals surface area contributed by atoms with E-state index in [1.165, 1.54) is 19.1 Å². The number of carbonyl (C=O) groups excluding carboxylic acids is 1. The Labute approximate surface area is 163 Å². The lowest BCUT2D eigenvalue weighted by molar-refractivity contribution is -0.117. The van der Waals surface area contributed by atoms with E-state index in [4.69, 9.17) is 0 Å². The van der Waals surface area contributed by atoms with Crippen LogP contribution in [0.3, 0.4) is 0 Å². The van der Waals surface area contributed by atoms with Crippen LogP contribution in [0, 0.1) is 12.7 Å². The van der Waals surface area contributed by atoms with Gasteiger partial charge < -0.3 is 5.32 Å². The lowest BCUT2D eigenvalue weighted by atomic mass is 9.92. The van der Waals surface area contributed by atoms with Crippen LogP contribution in [-0.2, 0) is 4.79 Å². The van der Waals surface area contributed by atoms with Gasteiger partial charge in [-0.15, -0.1) is 0 Å². The number of carbonyl (C=O) groups is 1. The second-order valence-corrected chi connectivity index (χ2v) is 6.66. The minimum Gasteiger partial charge on any atom is -0.352 e. The molecule has 1 aromatic carbocycles. The van der Waals surface area contributed by atoms with E-state index in [0.29, 0.717) is 34.4 Å². The van der Waals surface area contributed by atoms with Crippen molar-refractivity contribution in [1.29, 1.82) is 0 Å². The minimum absolute atomic E-state index is 0.237. The second kappa shape index (κ2) is 9.66. The monoisotopic (exact) mass is 398 g/mol. The molecular formula is C21H26F4N2O. The summed E-state index contributed by atoms with van der Waals surface area (Å²) in [6, 6.07) is 2.54. The fraction of sp³-hybridized carbons (Fsp3) is 0.429. The van der Waals surface area contributed by atoms with Gasteiger partial charge in [0, 0.05) is 35.2 Å². The highest BCUT2D eigenvalue weighted by atomic mass is 19.4. The molecule has 3 nitrogen and oxygen atoms in total. The number of amides is 1. The Hall–Kier alpha value is -2.44. The molecule has 1 amide bonds. The first-order valence-electron chi connectivity index (χ1n) is 8.95. The normalized spacial score (nSPS) is 14.1. The van der Waals surface area contributed by atoms with Crippen LogP contribution in [0.2, 0.25) is 0 Å². The Bertz CT molecular complexity index is 834. The van der Waals surface area contributed by atoms with Crippen LogP contribution in [-0.4, -0.2) is 24.3 Å². The van der Waals surface area contributed by atoms with Gasteiger partial charge in [0.25, 0.3) is 0 Å². The molecule has 0 saturated heterocycles. The molecule has 0 heterocycles. The number of nitrogens with zero attached hydrogens (tertiary/aromatic N) is 1. The average Bonchev–Trinajstić information content (AvgIpc) is 2.63. The van der Waals surface area contributed by atoms with Crippen molar-refractivity contribution < 1.29 is 22.4 Å². The van der Waals surface area contributed by atoms with Crippen molar-refractivity contribution in [2.75, 3.05) is 6.54 Å². The molecule has 28 heavy (non-hydrogen) atoms. The first kappa shape index (κ1) is 23.6. The smallest absolute Gasteiger partial charge is 0.352 e. The molecule has 0 unspecified atom stereocenters. The van der Waals surface area contributed by atoms with E-state index in [-0.39, 0.29) is 11.6 Å². The summed E-state index contributed by atoms with van der Waals surface area (Å²) in [5.41, 5.74) is 2.01. The number of alkyl halides is 3. The van der Waals surface area contributed by atoms with Gasteiger partial charge in [-0.2, -0.15) is 13.2 Å². The third kappa shape index (κ3) is 6.04. The lowest BCUT2D eigenvalue weighted by Gasteiger charge is -2.15. The van der Waals surface area contributed by atoms with Gasteiger partial charge in [-0.25, -0.2) is 4.39 Å². The van der Waals surface area contributed by atoms with Crippen molar-refractivity contribution in [3.8, 4) is 0 Å². The zero-order valence-corrected chi connectivity index (χ0v) is 17.0. The fourth-order valence-corrected chi connectivity index (χ4v) is 2.52. The molecule has 0 aliphatic heterocycles. The molecule has 0 aliphatic carbocycles. The first-order chi connectivity index (χ1) is 12.9. The van der Waals surface area contributed by atoms with Crippen LogP contribution in [0.15, 0.2) is 34.5 Å². The second-order valence-electron chi connectivity index (χ2n) is 6.66. The summed E-state index contributed by atoms with van der Waals surface area (Å²) in [5, 5.41) is 2.77. The molecule has 154 valence electrons. The van der Waals surface area contributed by atoms with Crippen molar-refractivity contribution in [2.24, 2.45) is 4.99 Å². The summed E-state index contributed by atoms with van der Waals surface area (Å²) < 4.78 is 52.1. The number of rotatable bonds is 6. The fourth-order valence-electron chi connectivity index (χ4n) is 2.52. The van der Waals surface area contributed by atoms with Gasteiger partial charge >= 0.3 is 6.18 Å². The molecule has 0 aliphatic rings. The molecule has 7 heteroatoms. The summed E-state index contributed by atoms with van der Waals surface area (Å²) in [6.45, 7) is 10.0. The molecule has 0 radical (unpaired) electrons. The molecule has 1 N–H and O–H groups in total. The van der Waals surface area contributed by atoms with Crippen molar-refractivity contribution in [1.82, 2.24) is 5.32 Å². The van der Waals surface area contributed by atoms with Gasteiger partial charge in [0.15, 0.2) is 0 Å². The van der Waals surface area contributed by atoms with Crippen molar-refractivity contribution >= 4 is 17.2 Å². The molecule has 0 bridgehead atoms. The van der Waals surface area contributed by atoms with Crippen molar-refractivity contribution in [3.05, 3.63) is 52.0 Å². The Balaban J connectivity index is 3.42. The average molecular weight is 398 g/mol. The Morgan fingerprint density at radius 3 is 2.25 bits per heavy atom. The van der Waals surface area contributed by atoms with Crippen LogP contribution >= 0.6 is 0 Å². The number of aliphatic imine (C=N–C) groups is 1. The number of allylic oxidation sites excluding steroid dienone is 2. The van der Waals surface area contributed by atoms with Crippen LogP contribution in [0.25, 0.3) is 5.57 Å². The van der Waals surface area contributed by atoms with E-state index in [0.717, 1.165) is 19.5 Å². The molecular weight excluding hydrogens is 372 g/mol. The minimum atomic E-state index is -4.46. The summed E-state index contributed by atoms with van der Waals surface area (Å²) in [6.07, 6.45) is -2.94. The van der Waals surface area contributed by atoms with Gasteiger partial charge in [-0.05, 0) is 69.9 Å². The summed E-state index contributed by atoms with van der Waals surface area (Å²) in [7, 11) is 0. The maximum Gasteiger partial charge on any atom is 0.413 e. The highest BCUT2D eigenvalue weighted by Gasteiger charge is 2.29. The third-order valence-electron chi connectivity index (χ3n) is 4.50.